The van der Waals surface area contributed by atoms with E-state index in [9.17, 15) is 4.79 Å². The van der Waals surface area contributed by atoms with Crippen molar-refractivity contribution >= 4 is 5.91 Å². The van der Waals surface area contributed by atoms with E-state index in [1.807, 2.05) is 31.2 Å². The Kier molecular flexibility index (Phi) is 7.51. The highest BCUT2D eigenvalue weighted by atomic mass is 16.5. The van der Waals surface area contributed by atoms with E-state index in [0.717, 1.165) is 46.4 Å². The van der Waals surface area contributed by atoms with Gasteiger partial charge in [0.2, 0.25) is 0 Å². The van der Waals surface area contributed by atoms with Gasteiger partial charge in [-0.3, -0.25) is 4.79 Å². The Morgan fingerprint density at radius 3 is 2.26 bits per heavy atom. The molecule has 0 aliphatic carbocycles. The average Bonchev–Trinajstić information content (AvgIpc) is 2.77. The van der Waals surface area contributed by atoms with Gasteiger partial charge >= 0.3 is 0 Å². The Morgan fingerprint density at radius 2 is 1.58 bits per heavy atom. The van der Waals surface area contributed by atoms with Gasteiger partial charge in [-0.1, -0.05) is 62.4 Å². The lowest BCUT2D eigenvalue weighted by molar-refractivity contribution is 0.0939. The third-order valence-electron chi connectivity index (χ3n) is 5.84. The summed E-state index contributed by atoms with van der Waals surface area (Å²) in [4.78, 5) is 13.2. The van der Waals surface area contributed by atoms with Gasteiger partial charge in [-0.2, -0.15) is 0 Å². The quantitative estimate of drug-likeness (QED) is 0.462. The van der Waals surface area contributed by atoms with E-state index in [4.69, 9.17) is 4.74 Å². The molecule has 1 unspecified atom stereocenters. The van der Waals surface area contributed by atoms with E-state index >= 15 is 0 Å². The second-order valence-electron chi connectivity index (χ2n) is 8.44. The summed E-state index contributed by atoms with van der Waals surface area (Å²) < 4.78 is 5.56. The van der Waals surface area contributed by atoms with Gasteiger partial charge in [0, 0.05) is 5.56 Å². The molecule has 3 rings (SSSR count). The van der Waals surface area contributed by atoms with Crippen molar-refractivity contribution in [1.29, 1.82) is 0 Å². The first kappa shape index (κ1) is 22.6. The molecule has 31 heavy (non-hydrogen) atoms. The standard InChI is InChI=1S/C28H33NO2/c1-19(2)25-18-26(20(3)17-27(25)31-5)21(4)29-28(30)24-14-10-9-13-23(24)16-15-22-11-7-6-8-12-22/h6-14,17-19,21H,15-16H2,1-5H3,(H,29,30). The molecule has 1 N–H and O–H groups in total. The summed E-state index contributed by atoms with van der Waals surface area (Å²) in [5, 5.41) is 3.22. The lowest BCUT2D eigenvalue weighted by Gasteiger charge is -2.21. The van der Waals surface area contributed by atoms with E-state index in [-0.39, 0.29) is 11.9 Å². The van der Waals surface area contributed by atoms with Crippen LogP contribution < -0.4 is 10.1 Å². The fraction of sp³-hybridized carbons (Fsp3) is 0.321. The Morgan fingerprint density at radius 1 is 0.903 bits per heavy atom. The number of amides is 1. The van der Waals surface area contributed by atoms with Crippen molar-refractivity contribution in [3.63, 3.8) is 0 Å². The van der Waals surface area contributed by atoms with Gasteiger partial charge < -0.3 is 10.1 Å². The molecule has 0 radical (unpaired) electrons. The molecule has 1 amide bonds. The smallest absolute Gasteiger partial charge is 0.252 e. The van der Waals surface area contributed by atoms with Gasteiger partial charge in [0.25, 0.3) is 5.91 Å². The van der Waals surface area contributed by atoms with E-state index in [0.29, 0.717) is 5.92 Å². The van der Waals surface area contributed by atoms with Crippen LogP contribution in [0.3, 0.4) is 0 Å². The second-order valence-corrected chi connectivity index (χ2v) is 8.44. The van der Waals surface area contributed by atoms with Crippen LogP contribution in [0.4, 0.5) is 0 Å². The Balaban J connectivity index is 1.78. The molecule has 0 saturated heterocycles. The highest BCUT2D eigenvalue weighted by Crippen LogP contribution is 2.32. The number of carbonyl (C=O) groups is 1. The van der Waals surface area contributed by atoms with Gasteiger partial charge in [0.1, 0.15) is 5.75 Å². The van der Waals surface area contributed by atoms with Crippen LogP contribution in [0.5, 0.6) is 5.75 Å². The molecule has 162 valence electrons. The molecule has 3 nitrogen and oxygen atoms in total. The molecule has 3 aromatic rings. The van der Waals surface area contributed by atoms with Crippen molar-refractivity contribution in [3.8, 4) is 5.75 Å². The van der Waals surface area contributed by atoms with Gasteiger partial charge in [-0.05, 0) is 78.6 Å². The number of ether oxygens (including phenoxy) is 1. The third kappa shape index (κ3) is 5.55. The highest BCUT2D eigenvalue weighted by Gasteiger charge is 2.18. The maximum absolute atomic E-state index is 13.2. The van der Waals surface area contributed by atoms with Crippen molar-refractivity contribution in [2.24, 2.45) is 0 Å². The maximum atomic E-state index is 13.2. The number of nitrogens with one attached hydrogen (secondary N) is 1. The first-order chi connectivity index (χ1) is 14.9. The zero-order valence-corrected chi connectivity index (χ0v) is 19.2. The number of methoxy groups -OCH3 is 1. The Hall–Kier alpha value is -3.07. The van der Waals surface area contributed by atoms with Gasteiger partial charge in [0.15, 0.2) is 0 Å². The van der Waals surface area contributed by atoms with E-state index in [2.05, 4.69) is 68.6 Å². The fourth-order valence-electron chi connectivity index (χ4n) is 4.05. The summed E-state index contributed by atoms with van der Waals surface area (Å²) in [7, 11) is 1.71. The van der Waals surface area contributed by atoms with Crippen LogP contribution in [-0.4, -0.2) is 13.0 Å². The third-order valence-corrected chi connectivity index (χ3v) is 5.84. The first-order valence-corrected chi connectivity index (χ1v) is 11.0. The Labute approximate surface area is 186 Å². The lowest BCUT2D eigenvalue weighted by atomic mass is 9.93. The van der Waals surface area contributed by atoms with E-state index in [1.54, 1.807) is 7.11 Å². The molecule has 0 aromatic heterocycles. The summed E-state index contributed by atoms with van der Waals surface area (Å²) in [6.07, 6.45) is 1.75. The van der Waals surface area contributed by atoms with Gasteiger partial charge in [-0.15, -0.1) is 0 Å². The van der Waals surface area contributed by atoms with Gasteiger partial charge in [0.05, 0.1) is 13.2 Å². The van der Waals surface area contributed by atoms with Crippen LogP contribution in [0.25, 0.3) is 0 Å². The minimum absolute atomic E-state index is 0.0301. The average molecular weight is 416 g/mol. The van der Waals surface area contributed by atoms with E-state index < -0.39 is 0 Å². The summed E-state index contributed by atoms with van der Waals surface area (Å²) in [5.74, 6) is 1.22. The predicted molar refractivity (Wildman–Crippen MR) is 128 cm³/mol. The molecule has 0 aliphatic rings. The molecule has 0 aliphatic heterocycles. The normalized spacial score (nSPS) is 11.9. The summed E-state index contributed by atoms with van der Waals surface area (Å²) in [6, 6.07) is 22.4. The van der Waals surface area contributed by atoms with Crippen molar-refractivity contribution < 1.29 is 9.53 Å². The zero-order valence-electron chi connectivity index (χ0n) is 19.2. The SMILES string of the molecule is COc1cc(C)c(C(C)NC(=O)c2ccccc2CCc2ccccc2)cc1C(C)C. The van der Waals surface area contributed by atoms with E-state index in [1.165, 1.54) is 5.56 Å². The molecule has 0 spiro atoms. The van der Waals surface area contributed by atoms with Crippen LogP contribution >= 0.6 is 0 Å². The second kappa shape index (κ2) is 10.3. The van der Waals surface area contributed by atoms with Crippen LogP contribution in [0, 0.1) is 6.92 Å². The number of rotatable bonds is 8. The summed E-state index contributed by atoms with van der Waals surface area (Å²) >= 11 is 0. The number of aryl methyl sites for hydroxylation is 3. The largest absolute Gasteiger partial charge is 0.496 e. The topological polar surface area (TPSA) is 38.3 Å². The minimum Gasteiger partial charge on any atom is -0.496 e. The zero-order chi connectivity index (χ0) is 22.4. The monoisotopic (exact) mass is 415 g/mol. The van der Waals surface area contributed by atoms with Crippen LogP contribution in [-0.2, 0) is 12.8 Å². The predicted octanol–water partition coefficient (Wildman–Crippen LogP) is 6.40. The van der Waals surface area contributed by atoms with Crippen LogP contribution in [0.1, 0.15) is 70.9 Å². The molecule has 0 fully saturated rings. The molecule has 3 heteroatoms. The van der Waals surface area contributed by atoms with Crippen molar-refractivity contribution in [2.75, 3.05) is 7.11 Å². The van der Waals surface area contributed by atoms with Crippen LogP contribution in [0.2, 0.25) is 0 Å². The summed E-state index contributed by atoms with van der Waals surface area (Å²) in [6.45, 7) is 8.42. The molecular formula is C28H33NO2. The number of hydrogen-bond donors (Lipinski definition) is 1. The van der Waals surface area contributed by atoms with Crippen LogP contribution in [0.15, 0.2) is 66.7 Å². The van der Waals surface area contributed by atoms with Crippen molar-refractivity contribution in [3.05, 3.63) is 100 Å². The molecular weight excluding hydrogens is 382 g/mol. The minimum atomic E-state index is -0.0990. The van der Waals surface area contributed by atoms with Gasteiger partial charge in [-0.25, -0.2) is 0 Å². The highest BCUT2D eigenvalue weighted by molar-refractivity contribution is 5.96. The molecule has 0 heterocycles. The lowest BCUT2D eigenvalue weighted by Crippen LogP contribution is -2.28. The molecule has 3 aromatic carbocycles. The molecule has 0 bridgehead atoms. The van der Waals surface area contributed by atoms with Crippen molar-refractivity contribution in [1.82, 2.24) is 5.32 Å². The maximum Gasteiger partial charge on any atom is 0.252 e. The fourth-order valence-corrected chi connectivity index (χ4v) is 4.05. The molecule has 1 atom stereocenters. The summed E-state index contributed by atoms with van der Waals surface area (Å²) in [5.41, 5.74) is 6.51. The molecule has 0 saturated carbocycles. The number of carbonyl (C=O) groups excluding carboxylic acids is 1. The Bertz CT molecular complexity index is 1020. The van der Waals surface area contributed by atoms with Crippen molar-refractivity contribution in [2.45, 2.75) is 52.5 Å². The number of hydrogen-bond acceptors (Lipinski definition) is 2. The number of benzene rings is 3. The first-order valence-electron chi connectivity index (χ1n) is 11.0.